The zero-order chi connectivity index (χ0) is 22.5. The monoisotopic (exact) mass is 448 g/mol. The molecular formula is C23H24N6O2S. The molecule has 0 atom stereocenters. The molecule has 2 aromatic carbocycles. The van der Waals surface area contributed by atoms with Crippen molar-refractivity contribution in [3.63, 3.8) is 0 Å². The number of thiazole rings is 1. The van der Waals surface area contributed by atoms with Crippen molar-refractivity contribution in [1.29, 1.82) is 0 Å². The quantitative estimate of drug-likeness (QED) is 0.426. The second kappa shape index (κ2) is 9.71. The summed E-state index contributed by atoms with van der Waals surface area (Å²) in [6.07, 6.45) is 1.64. The Balaban J connectivity index is 1.42. The maximum Gasteiger partial charge on any atom is 0.251 e. The van der Waals surface area contributed by atoms with Crippen LogP contribution in [0.2, 0.25) is 0 Å². The number of rotatable bonds is 8. The Morgan fingerprint density at radius 2 is 2.03 bits per heavy atom. The first kappa shape index (κ1) is 21.7. The number of ether oxygens (including phenoxy) is 1. The molecule has 8 nitrogen and oxygen atoms in total. The van der Waals surface area contributed by atoms with Crippen LogP contribution in [-0.2, 0) is 6.61 Å². The Morgan fingerprint density at radius 1 is 1.16 bits per heavy atom. The number of carbonyl (C=O) groups is 1. The van der Waals surface area contributed by atoms with E-state index in [2.05, 4.69) is 20.3 Å². The zero-order valence-corrected chi connectivity index (χ0v) is 18.7. The van der Waals surface area contributed by atoms with E-state index >= 15 is 0 Å². The van der Waals surface area contributed by atoms with Gasteiger partial charge in [-0.15, -0.1) is 11.3 Å². The number of hydrogen-bond donors (Lipinski definition) is 2. The van der Waals surface area contributed by atoms with Gasteiger partial charge in [-0.05, 0) is 50.5 Å². The number of nitrogens with one attached hydrogen (secondary N) is 1. The number of hydrogen-bond acceptors (Lipinski definition) is 8. The largest absolute Gasteiger partial charge is 0.486 e. The van der Waals surface area contributed by atoms with Crippen molar-refractivity contribution in [3.05, 3.63) is 65.3 Å². The van der Waals surface area contributed by atoms with Crippen LogP contribution in [0.5, 0.6) is 5.75 Å². The number of amides is 1. The Bertz CT molecular complexity index is 1240. The number of nitrogens with zero attached hydrogens (tertiary/aromatic N) is 4. The van der Waals surface area contributed by atoms with E-state index in [1.165, 1.54) is 0 Å². The average Bonchev–Trinajstić information content (AvgIpc) is 3.20. The van der Waals surface area contributed by atoms with E-state index in [0.717, 1.165) is 33.0 Å². The molecule has 3 N–H and O–H groups in total. The van der Waals surface area contributed by atoms with Gasteiger partial charge in [0.25, 0.3) is 5.91 Å². The Hall–Kier alpha value is -3.56. The lowest BCUT2D eigenvalue weighted by Gasteiger charge is -2.11. The third-order valence-corrected chi connectivity index (χ3v) is 5.70. The van der Waals surface area contributed by atoms with Gasteiger partial charge in [-0.25, -0.2) is 15.0 Å². The summed E-state index contributed by atoms with van der Waals surface area (Å²) in [5.41, 5.74) is 8.89. The summed E-state index contributed by atoms with van der Waals surface area (Å²) >= 11 is 1.56. The van der Waals surface area contributed by atoms with E-state index in [4.69, 9.17) is 10.5 Å². The molecule has 4 aromatic rings. The first-order chi connectivity index (χ1) is 15.5. The molecular weight excluding hydrogens is 424 g/mol. The van der Waals surface area contributed by atoms with Crippen LogP contribution in [0.1, 0.15) is 15.4 Å². The van der Waals surface area contributed by atoms with Crippen LogP contribution in [0.4, 0.5) is 5.95 Å². The minimum atomic E-state index is -0.116. The second-order valence-corrected chi connectivity index (χ2v) is 8.58. The van der Waals surface area contributed by atoms with Crippen molar-refractivity contribution < 1.29 is 9.53 Å². The van der Waals surface area contributed by atoms with Crippen LogP contribution in [0.25, 0.3) is 21.5 Å². The predicted octanol–water partition coefficient (Wildman–Crippen LogP) is 3.21. The first-order valence-electron chi connectivity index (χ1n) is 10.1. The average molecular weight is 449 g/mol. The summed E-state index contributed by atoms with van der Waals surface area (Å²) in [6, 6.07) is 15.0. The van der Waals surface area contributed by atoms with Gasteiger partial charge in [0.05, 0.1) is 15.9 Å². The minimum absolute atomic E-state index is 0.116. The topological polar surface area (TPSA) is 106 Å². The summed E-state index contributed by atoms with van der Waals surface area (Å²) in [6.45, 7) is 1.69. The van der Waals surface area contributed by atoms with E-state index in [1.54, 1.807) is 29.7 Å². The lowest BCUT2D eigenvalue weighted by Crippen LogP contribution is -2.31. The molecule has 0 aliphatic heterocycles. The lowest BCUT2D eigenvalue weighted by molar-refractivity contribution is 0.0950. The van der Waals surface area contributed by atoms with E-state index in [0.29, 0.717) is 24.5 Å². The van der Waals surface area contributed by atoms with Crippen molar-refractivity contribution in [3.8, 4) is 17.0 Å². The van der Waals surface area contributed by atoms with Crippen molar-refractivity contribution in [2.75, 3.05) is 32.9 Å². The number of fused-ring (bicyclic) bond motifs is 1. The van der Waals surface area contributed by atoms with Crippen molar-refractivity contribution in [2.24, 2.45) is 0 Å². The fraction of sp³-hybridized carbons (Fsp3) is 0.217. The van der Waals surface area contributed by atoms with Crippen molar-refractivity contribution in [2.45, 2.75) is 6.61 Å². The third kappa shape index (κ3) is 5.37. The lowest BCUT2D eigenvalue weighted by atomic mass is 10.1. The molecule has 2 heterocycles. The van der Waals surface area contributed by atoms with E-state index in [-0.39, 0.29) is 11.9 Å². The van der Waals surface area contributed by atoms with Gasteiger partial charge in [-0.1, -0.05) is 12.1 Å². The number of nitrogen functional groups attached to an aromatic ring is 1. The molecule has 9 heteroatoms. The van der Waals surface area contributed by atoms with Gasteiger partial charge in [0.2, 0.25) is 5.95 Å². The van der Waals surface area contributed by atoms with Crippen LogP contribution in [0.3, 0.4) is 0 Å². The standard InChI is InChI=1S/C23H24N6O2S/c1-29(2)11-10-25-22(30)16-4-3-5-17(12-16)31-14-21-27-19-7-6-15(13-20(19)32-21)18-8-9-26-23(24)28-18/h3-9,12-13H,10-11,14H2,1-2H3,(H,25,30)(H2,24,26,28). The number of benzene rings is 2. The maximum absolute atomic E-state index is 12.3. The molecule has 164 valence electrons. The number of anilines is 1. The van der Waals surface area contributed by atoms with Gasteiger partial charge in [-0.2, -0.15) is 0 Å². The third-order valence-electron chi connectivity index (χ3n) is 4.71. The summed E-state index contributed by atoms with van der Waals surface area (Å²) in [7, 11) is 3.94. The highest BCUT2D eigenvalue weighted by molar-refractivity contribution is 7.18. The molecule has 0 fully saturated rings. The summed E-state index contributed by atoms with van der Waals surface area (Å²) < 4.78 is 6.94. The number of nitrogens with two attached hydrogens (primary N) is 1. The molecule has 0 aliphatic carbocycles. The molecule has 0 bridgehead atoms. The Labute approximate surface area is 190 Å². The second-order valence-electron chi connectivity index (χ2n) is 7.47. The molecule has 0 unspecified atom stereocenters. The van der Waals surface area contributed by atoms with Gasteiger partial charge in [0.15, 0.2) is 0 Å². The number of carbonyl (C=O) groups excluding carboxylic acids is 1. The molecule has 1 amide bonds. The summed E-state index contributed by atoms with van der Waals surface area (Å²) in [5, 5.41) is 3.76. The summed E-state index contributed by atoms with van der Waals surface area (Å²) in [4.78, 5) is 27.2. The van der Waals surface area contributed by atoms with Crippen LogP contribution < -0.4 is 15.8 Å². The highest BCUT2D eigenvalue weighted by Crippen LogP contribution is 2.28. The van der Waals surface area contributed by atoms with E-state index in [1.807, 2.05) is 55.4 Å². The smallest absolute Gasteiger partial charge is 0.251 e. The molecule has 4 rings (SSSR count). The van der Waals surface area contributed by atoms with E-state index in [9.17, 15) is 4.79 Å². The van der Waals surface area contributed by atoms with Gasteiger partial charge < -0.3 is 20.7 Å². The van der Waals surface area contributed by atoms with Gasteiger partial charge in [0.1, 0.15) is 17.4 Å². The van der Waals surface area contributed by atoms with Crippen LogP contribution in [0, 0.1) is 0 Å². The molecule has 0 radical (unpaired) electrons. The SMILES string of the molecule is CN(C)CCNC(=O)c1cccc(OCc2nc3ccc(-c4ccnc(N)n4)cc3s2)c1. The van der Waals surface area contributed by atoms with Gasteiger partial charge >= 0.3 is 0 Å². The van der Waals surface area contributed by atoms with Crippen molar-refractivity contribution >= 4 is 33.4 Å². The van der Waals surface area contributed by atoms with Crippen LogP contribution in [-0.4, -0.2) is 52.9 Å². The minimum Gasteiger partial charge on any atom is -0.486 e. The van der Waals surface area contributed by atoms with Crippen LogP contribution >= 0.6 is 11.3 Å². The predicted molar refractivity (Wildman–Crippen MR) is 127 cm³/mol. The zero-order valence-electron chi connectivity index (χ0n) is 17.9. The molecule has 0 aliphatic rings. The fourth-order valence-corrected chi connectivity index (χ4v) is 4.02. The first-order valence-corrected chi connectivity index (χ1v) is 10.9. The molecule has 32 heavy (non-hydrogen) atoms. The van der Waals surface area contributed by atoms with Crippen LogP contribution in [0.15, 0.2) is 54.7 Å². The maximum atomic E-state index is 12.3. The Kier molecular flexibility index (Phi) is 6.58. The normalized spacial score (nSPS) is 11.1. The molecule has 0 spiro atoms. The number of likely N-dealkylation sites (N-methyl/N-ethyl adjacent to an activating group) is 1. The Morgan fingerprint density at radius 3 is 2.84 bits per heavy atom. The highest BCUT2D eigenvalue weighted by Gasteiger charge is 2.10. The van der Waals surface area contributed by atoms with Gasteiger partial charge in [0, 0.05) is 30.4 Å². The molecule has 2 aromatic heterocycles. The molecule has 0 saturated carbocycles. The van der Waals surface area contributed by atoms with Gasteiger partial charge in [-0.3, -0.25) is 4.79 Å². The fourth-order valence-electron chi connectivity index (χ4n) is 3.10. The number of aromatic nitrogens is 3. The summed E-state index contributed by atoms with van der Waals surface area (Å²) in [5.74, 6) is 0.756. The molecule has 0 saturated heterocycles. The van der Waals surface area contributed by atoms with Crippen molar-refractivity contribution in [1.82, 2.24) is 25.2 Å². The highest BCUT2D eigenvalue weighted by atomic mass is 32.1. The van der Waals surface area contributed by atoms with E-state index < -0.39 is 0 Å².